The van der Waals surface area contributed by atoms with E-state index in [-0.39, 0.29) is 12.4 Å². The second-order valence-electron chi connectivity index (χ2n) is 7.66. The lowest BCUT2D eigenvalue weighted by Crippen LogP contribution is -2.29. The van der Waals surface area contributed by atoms with Crippen molar-refractivity contribution in [3.05, 3.63) is 87.7 Å². The molecule has 3 aromatic rings. The van der Waals surface area contributed by atoms with Gasteiger partial charge in [-0.3, -0.25) is 0 Å². The van der Waals surface area contributed by atoms with E-state index >= 15 is 0 Å². The van der Waals surface area contributed by atoms with Gasteiger partial charge in [0.2, 0.25) is 0 Å². The van der Waals surface area contributed by atoms with Crippen molar-refractivity contribution in [1.82, 2.24) is 0 Å². The lowest BCUT2D eigenvalue weighted by molar-refractivity contribution is 0.297. The van der Waals surface area contributed by atoms with Gasteiger partial charge in [0.1, 0.15) is 18.2 Å². The SMILES string of the molecule is Fc1cccc(Cl)c1COc1ccccc1CNc1ccc(N2CCCCC2)c(Cl)c1. The highest BCUT2D eigenvalue weighted by atomic mass is 35.5. The highest BCUT2D eigenvalue weighted by molar-refractivity contribution is 6.33. The van der Waals surface area contributed by atoms with Gasteiger partial charge in [0.25, 0.3) is 0 Å². The van der Waals surface area contributed by atoms with Crippen molar-refractivity contribution in [3.63, 3.8) is 0 Å². The first kappa shape index (κ1) is 21.8. The number of rotatable bonds is 7. The van der Waals surface area contributed by atoms with Crippen molar-refractivity contribution >= 4 is 34.6 Å². The lowest BCUT2D eigenvalue weighted by atomic mass is 10.1. The van der Waals surface area contributed by atoms with Crippen LogP contribution in [-0.4, -0.2) is 13.1 Å². The van der Waals surface area contributed by atoms with E-state index in [1.54, 1.807) is 12.1 Å². The van der Waals surface area contributed by atoms with Crippen LogP contribution in [0.2, 0.25) is 10.0 Å². The summed E-state index contributed by atoms with van der Waals surface area (Å²) < 4.78 is 19.9. The number of anilines is 2. The molecular formula is C25H25Cl2FN2O. The van der Waals surface area contributed by atoms with Gasteiger partial charge in [0.05, 0.1) is 15.7 Å². The number of benzene rings is 3. The van der Waals surface area contributed by atoms with Crippen LogP contribution < -0.4 is 15.0 Å². The quantitative estimate of drug-likeness (QED) is 0.401. The molecule has 1 fully saturated rings. The monoisotopic (exact) mass is 458 g/mol. The topological polar surface area (TPSA) is 24.5 Å². The smallest absolute Gasteiger partial charge is 0.131 e. The molecule has 4 rings (SSSR count). The summed E-state index contributed by atoms with van der Waals surface area (Å²) in [6, 6.07) is 18.4. The molecule has 1 N–H and O–H groups in total. The maximum absolute atomic E-state index is 14.0. The fourth-order valence-corrected chi connectivity index (χ4v) is 4.33. The Hall–Kier alpha value is -2.43. The second-order valence-corrected chi connectivity index (χ2v) is 8.48. The standard InChI is InChI=1S/C25H25Cl2FN2O/c26-21-8-6-9-23(28)20(21)17-31-25-10-3-2-7-18(25)16-29-19-11-12-24(22(27)15-19)30-13-4-1-5-14-30/h2-3,6-12,15,29H,1,4-5,13-14,16-17H2. The first-order chi connectivity index (χ1) is 15.1. The van der Waals surface area contributed by atoms with E-state index < -0.39 is 0 Å². The van der Waals surface area contributed by atoms with Crippen LogP contribution in [0.25, 0.3) is 0 Å². The number of para-hydroxylation sites is 1. The normalized spacial score (nSPS) is 13.8. The summed E-state index contributed by atoms with van der Waals surface area (Å²) in [7, 11) is 0. The Morgan fingerprint density at radius 1 is 0.903 bits per heavy atom. The molecule has 1 aliphatic heterocycles. The largest absolute Gasteiger partial charge is 0.488 e. The summed E-state index contributed by atoms with van der Waals surface area (Å²) in [5, 5.41) is 4.53. The van der Waals surface area contributed by atoms with E-state index in [0.29, 0.717) is 22.9 Å². The number of nitrogens with one attached hydrogen (secondary N) is 1. The summed E-state index contributed by atoms with van der Waals surface area (Å²) in [5.41, 5.74) is 3.35. The molecule has 3 aromatic carbocycles. The van der Waals surface area contributed by atoms with Crippen LogP contribution in [0.4, 0.5) is 15.8 Å². The molecule has 0 aliphatic carbocycles. The highest BCUT2D eigenvalue weighted by Crippen LogP contribution is 2.31. The zero-order valence-electron chi connectivity index (χ0n) is 17.2. The van der Waals surface area contributed by atoms with Gasteiger partial charge in [-0.2, -0.15) is 0 Å². The number of hydrogen-bond donors (Lipinski definition) is 1. The van der Waals surface area contributed by atoms with Crippen molar-refractivity contribution in [1.29, 1.82) is 0 Å². The number of halogens is 3. The Bertz CT molecular complexity index is 1020. The zero-order valence-corrected chi connectivity index (χ0v) is 18.7. The molecule has 6 heteroatoms. The molecule has 0 atom stereocenters. The molecule has 162 valence electrons. The number of piperidine rings is 1. The predicted molar refractivity (Wildman–Crippen MR) is 127 cm³/mol. The van der Waals surface area contributed by atoms with Gasteiger partial charge in [0, 0.05) is 36.4 Å². The second kappa shape index (κ2) is 10.3. The van der Waals surface area contributed by atoms with Crippen LogP contribution in [-0.2, 0) is 13.2 Å². The van der Waals surface area contributed by atoms with E-state index in [1.807, 2.05) is 30.3 Å². The van der Waals surface area contributed by atoms with Gasteiger partial charge in [-0.1, -0.05) is 47.5 Å². The van der Waals surface area contributed by atoms with Crippen LogP contribution >= 0.6 is 23.2 Å². The third kappa shape index (κ3) is 5.44. The number of ether oxygens (including phenoxy) is 1. The Morgan fingerprint density at radius 2 is 1.71 bits per heavy atom. The Labute approximate surface area is 192 Å². The van der Waals surface area contributed by atoms with Gasteiger partial charge in [-0.15, -0.1) is 0 Å². The minimum Gasteiger partial charge on any atom is -0.488 e. The number of nitrogens with zero attached hydrogens (tertiary/aromatic N) is 1. The molecule has 0 aromatic heterocycles. The van der Waals surface area contributed by atoms with E-state index in [1.165, 1.54) is 25.3 Å². The van der Waals surface area contributed by atoms with Crippen molar-refractivity contribution < 1.29 is 9.13 Å². The third-order valence-electron chi connectivity index (χ3n) is 5.53. The molecule has 31 heavy (non-hydrogen) atoms. The van der Waals surface area contributed by atoms with Gasteiger partial charge in [0.15, 0.2) is 0 Å². The summed E-state index contributed by atoms with van der Waals surface area (Å²) in [6.07, 6.45) is 3.72. The van der Waals surface area contributed by atoms with Crippen molar-refractivity contribution in [2.45, 2.75) is 32.4 Å². The summed E-state index contributed by atoms with van der Waals surface area (Å²) >= 11 is 12.7. The fraction of sp³-hybridized carbons (Fsp3) is 0.280. The van der Waals surface area contributed by atoms with Crippen molar-refractivity contribution in [3.8, 4) is 5.75 Å². The molecule has 0 unspecified atom stereocenters. The summed E-state index contributed by atoms with van der Waals surface area (Å²) in [6.45, 7) is 2.74. The van der Waals surface area contributed by atoms with Gasteiger partial charge >= 0.3 is 0 Å². The van der Waals surface area contributed by atoms with Crippen LogP contribution in [0.1, 0.15) is 30.4 Å². The van der Waals surface area contributed by atoms with E-state index in [0.717, 1.165) is 35.1 Å². The molecule has 1 saturated heterocycles. The van der Waals surface area contributed by atoms with Gasteiger partial charge < -0.3 is 15.0 Å². The van der Waals surface area contributed by atoms with Gasteiger partial charge in [-0.25, -0.2) is 4.39 Å². The molecule has 0 amide bonds. The summed E-state index contributed by atoms with van der Waals surface area (Å²) in [4.78, 5) is 2.35. The van der Waals surface area contributed by atoms with Crippen LogP contribution in [0, 0.1) is 5.82 Å². The maximum Gasteiger partial charge on any atom is 0.131 e. The number of hydrogen-bond acceptors (Lipinski definition) is 3. The van der Waals surface area contributed by atoms with Crippen molar-refractivity contribution in [2.75, 3.05) is 23.3 Å². The molecule has 3 nitrogen and oxygen atoms in total. The Kier molecular flexibility index (Phi) is 7.21. The van der Waals surface area contributed by atoms with Crippen LogP contribution in [0.3, 0.4) is 0 Å². The molecular weight excluding hydrogens is 434 g/mol. The maximum atomic E-state index is 14.0. The average molecular weight is 459 g/mol. The zero-order chi connectivity index (χ0) is 21.6. The Balaban J connectivity index is 1.41. The lowest BCUT2D eigenvalue weighted by Gasteiger charge is -2.29. The Morgan fingerprint density at radius 3 is 2.48 bits per heavy atom. The fourth-order valence-electron chi connectivity index (χ4n) is 3.82. The molecule has 0 bridgehead atoms. The minimum atomic E-state index is -0.369. The predicted octanol–water partition coefficient (Wildman–Crippen LogP) is 7.31. The molecule has 0 radical (unpaired) electrons. The first-order valence-corrected chi connectivity index (χ1v) is 11.3. The highest BCUT2D eigenvalue weighted by Gasteiger charge is 2.14. The van der Waals surface area contributed by atoms with E-state index in [4.69, 9.17) is 27.9 Å². The molecule has 1 heterocycles. The minimum absolute atomic E-state index is 0.0683. The molecule has 1 aliphatic rings. The third-order valence-corrected chi connectivity index (χ3v) is 6.19. The van der Waals surface area contributed by atoms with E-state index in [2.05, 4.69) is 22.3 Å². The first-order valence-electron chi connectivity index (χ1n) is 10.5. The van der Waals surface area contributed by atoms with Gasteiger partial charge in [-0.05, 0) is 55.7 Å². The average Bonchev–Trinajstić information content (AvgIpc) is 2.79. The molecule has 0 spiro atoms. The summed E-state index contributed by atoms with van der Waals surface area (Å²) in [5.74, 6) is 0.317. The molecule has 0 saturated carbocycles. The van der Waals surface area contributed by atoms with Crippen LogP contribution in [0.5, 0.6) is 5.75 Å². The van der Waals surface area contributed by atoms with Crippen LogP contribution in [0.15, 0.2) is 60.7 Å². The van der Waals surface area contributed by atoms with E-state index in [9.17, 15) is 4.39 Å². The van der Waals surface area contributed by atoms with Crippen molar-refractivity contribution in [2.24, 2.45) is 0 Å².